The lowest BCUT2D eigenvalue weighted by Crippen LogP contribution is -2.07. The van der Waals surface area contributed by atoms with Crippen LogP contribution in [0.2, 0.25) is 0 Å². The number of amides is 1. The molecule has 1 aliphatic rings. The van der Waals surface area contributed by atoms with Gasteiger partial charge < -0.3 is 10.1 Å². The van der Waals surface area contributed by atoms with E-state index in [4.69, 9.17) is 4.74 Å². The molecule has 1 aliphatic heterocycles. The summed E-state index contributed by atoms with van der Waals surface area (Å²) in [7, 11) is 0. The maximum atomic E-state index is 12.1. The molecule has 8 heteroatoms. The van der Waals surface area contributed by atoms with Crippen molar-refractivity contribution in [1.82, 2.24) is 14.8 Å². The van der Waals surface area contributed by atoms with Gasteiger partial charge in [-0.25, -0.2) is 19.5 Å². The molecule has 28 heavy (non-hydrogen) atoms. The zero-order valence-corrected chi connectivity index (χ0v) is 14.9. The Hall–Kier alpha value is -4.07. The van der Waals surface area contributed by atoms with E-state index in [9.17, 15) is 9.59 Å². The molecule has 1 amide bonds. The predicted molar refractivity (Wildman–Crippen MR) is 103 cm³/mol. The van der Waals surface area contributed by atoms with Crippen molar-refractivity contribution in [2.24, 2.45) is 4.99 Å². The van der Waals surface area contributed by atoms with Crippen LogP contribution in [0.5, 0.6) is 0 Å². The number of nitrogens with one attached hydrogen (secondary N) is 1. The minimum absolute atomic E-state index is 0.155. The number of hydrogen-bond donors (Lipinski definition) is 1. The van der Waals surface area contributed by atoms with E-state index in [0.29, 0.717) is 11.3 Å². The van der Waals surface area contributed by atoms with Crippen LogP contribution in [0.1, 0.15) is 18.1 Å². The highest BCUT2D eigenvalue weighted by molar-refractivity contribution is 6.13. The molecule has 3 aromatic rings. The number of anilines is 1. The summed E-state index contributed by atoms with van der Waals surface area (Å²) >= 11 is 0. The molecule has 2 heterocycles. The zero-order valence-electron chi connectivity index (χ0n) is 14.9. The number of aliphatic imine (C=N–C) groups is 1. The van der Waals surface area contributed by atoms with Gasteiger partial charge in [0.25, 0.3) is 0 Å². The Bertz CT molecular complexity index is 1080. The smallest absolute Gasteiger partial charge is 0.363 e. The van der Waals surface area contributed by atoms with Crippen LogP contribution < -0.4 is 5.32 Å². The SMILES string of the molecule is CC(=O)Nc1ccc(C2=N/C(=C\c3ccc(-n4cncn4)cc3)C(=O)O2)cc1. The quantitative estimate of drug-likeness (QED) is 0.560. The molecule has 0 radical (unpaired) electrons. The van der Waals surface area contributed by atoms with E-state index in [0.717, 1.165) is 11.3 Å². The minimum Gasteiger partial charge on any atom is -0.402 e. The lowest BCUT2D eigenvalue weighted by atomic mass is 10.2. The highest BCUT2D eigenvalue weighted by Gasteiger charge is 2.24. The van der Waals surface area contributed by atoms with Gasteiger partial charge in [0.1, 0.15) is 12.7 Å². The van der Waals surface area contributed by atoms with Gasteiger partial charge in [0.15, 0.2) is 5.70 Å². The number of rotatable bonds is 4. The van der Waals surface area contributed by atoms with Gasteiger partial charge in [-0.3, -0.25) is 4.79 Å². The lowest BCUT2D eigenvalue weighted by Gasteiger charge is -2.03. The molecule has 0 saturated heterocycles. The summed E-state index contributed by atoms with van der Waals surface area (Å²) in [6, 6.07) is 14.3. The van der Waals surface area contributed by atoms with Gasteiger partial charge in [0.2, 0.25) is 11.8 Å². The van der Waals surface area contributed by atoms with E-state index in [1.54, 1.807) is 41.4 Å². The van der Waals surface area contributed by atoms with Crippen molar-refractivity contribution in [2.45, 2.75) is 6.92 Å². The molecule has 4 rings (SSSR count). The molecular weight excluding hydrogens is 358 g/mol. The molecule has 138 valence electrons. The van der Waals surface area contributed by atoms with Gasteiger partial charge in [-0.1, -0.05) is 12.1 Å². The molecule has 1 N–H and O–H groups in total. The first-order chi connectivity index (χ1) is 13.6. The second kappa shape index (κ2) is 7.28. The highest BCUT2D eigenvalue weighted by atomic mass is 16.6. The molecule has 0 atom stereocenters. The van der Waals surface area contributed by atoms with Crippen LogP contribution in [-0.4, -0.2) is 32.5 Å². The van der Waals surface area contributed by atoms with E-state index in [-0.39, 0.29) is 17.5 Å². The molecule has 0 fully saturated rings. The second-order valence-electron chi connectivity index (χ2n) is 6.03. The first kappa shape index (κ1) is 17.3. The second-order valence-corrected chi connectivity index (χ2v) is 6.03. The fourth-order valence-electron chi connectivity index (χ4n) is 2.65. The van der Waals surface area contributed by atoms with Crippen molar-refractivity contribution in [2.75, 3.05) is 5.32 Å². The molecule has 0 bridgehead atoms. The van der Waals surface area contributed by atoms with Gasteiger partial charge >= 0.3 is 5.97 Å². The summed E-state index contributed by atoms with van der Waals surface area (Å²) in [4.78, 5) is 31.4. The summed E-state index contributed by atoms with van der Waals surface area (Å²) in [5, 5.41) is 6.75. The maximum absolute atomic E-state index is 12.1. The number of hydrogen-bond acceptors (Lipinski definition) is 6. The number of carbonyl (C=O) groups is 2. The molecule has 0 spiro atoms. The standard InChI is InChI=1S/C20H15N5O3/c1-13(26)23-16-6-4-15(5-7-16)19-24-18(20(27)28-19)10-14-2-8-17(9-3-14)25-12-21-11-22-25/h2-12H,1H3,(H,23,26)/b18-10-. The minimum atomic E-state index is -0.513. The van der Waals surface area contributed by atoms with Crippen molar-refractivity contribution >= 4 is 29.5 Å². The Kier molecular flexibility index (Phi) is 4.51. The van der Waals surface area contributed by atoms with Crippen LogP contribution in [0, 0.1) is 0 Å². The summed E-state index contributed by atoms with van der Waals surface area (Å²) < 4.78 is 6.91. The Labute approximate surface area is 160 Å². The monoisotopic (exact) mass is 373 g/mol. The van der Waals surface area contributed by atoms with Gasteiger partial charge in [0, 0.05) is 18.2 Å². The van der Waals surface area contributed by atoms with Crippen LogP contribution in [0.15, 0.2) is 71.9 Å². The van der Waals surface area contributed by atoms with Gasteiger partial charge in [0.05, 0.1) is 5.69 Å². The lowest BCUT2D eigenvalue weighted by molar-refractivity contribution is -0.129. The average molecular weight is 373 g/mol. The van der Waals surface area contributed by atoms with E-state index in [1.165, 1.54) is 13.3 Å². The Morgan fingerprint density at radius 2 is 1.86 bits per heavy atom. The summed E-state index contributed by atoms with van der Waals surface area (Å²) in [5.41, 5.74) is 3.19. The van der Waals surface area contributed by atoms with Gasteiger partial charge in [-0.15, -0.1) is 0 Å². The van der Waals surface area contributed by atoms with Crippen LogP contribution in [0.4, 0.5) is 5.69 Å². The van der Waals surface area contributed by atoms with Crippen LogP contribution in [0.25, 0.3) is 11.8 Å². The number of nitrogens with zero attached hydrogens (tertiary/aromatic N) is 4. The third-order valence-electron chi connectivity index (χ3n) is 3.95. The van der Waals surface area contributed by atoms with Gasteiger partial charge in [-0.2, -0.15) is 5.10 Å². The van der Waals surface area contributed by atoms with Crippen molar-refractivity contribution in [3.63, 3.8) is 0 Å². The molecule has 8 nitrogen and oxygen atoms in total. The number of carbonyl (C=O) groups excluding carboxylic acids is 2. The average Bonchev–Trinajstić information content (AvgIpc) is 3.33. The van der Waals surface area contributed by atoms with Crippen LogP contribution in [-0.2, 0) is 14.3 Å². The first-order valence-electron chi connectivity index (χ1n) is 8.44. The summed E-state index contributed by atoms with van der Waals surface area (Å²) in [6.45, 7) is 1.44. The molecule has 2 aromatic carbocycles. The zero-order chi connectivity index (χ0) is 19.5. The molecular formula is C20H15N5O3. The Balaban J connectivity index is 1.54. The predicted octanol–water partition coefficient (Wildman–Crippen LogP) is 2.57. The molecule has 0 unspecified atom stereocenters. The van der Waals surface area contributed by atoms with Crippen molar-refractivity contribution in [3.05, 3.63) is 78.0 Å². The van der Waals surface area contributed by atoms with Crippen LogP contribution >= 0.6 is 0 Å². The maximum Gasteiger partial charge on any atom is 0.363 e. The van der Waals surface area contributed by atoms with E-state index < -0.39 is 5.97 Å². The van der Waals surface area contributed by atoms with Crippen molar-refractivity contribution in [1.29, 1.82) is 0 Å². The summed E-state index contributed by atoms with van der Waals surface area (Å²) in [5.74, 6) is -0.441. The van der Waals surface area contributed by atoms with Crippen LogP contribution in [0.3, 0.4) is 0 Å². The third kappa shape index (κ3) is 3.70. The summed E-state index contributed by atoms with van der Waals surface area (Å²) in [6.07, 6.45) is 4.73. The number of cyclic esters (lactones) is 1. The van der Waals surface area contributed by atoms with Crippen molar-refractivity contribution < 1.29 is 14.3 Å². The number of ether oxygens (including phenoxy) is 1. The largest absolute Gasteiger partial charge is 0.402 e. The fourth-order valence-corrected chi connectivity index (χ4v) is 2.65. The Morgan fingerprint density at radius 3 is 2.50 bits per heavy atom. The normalized spacial score (nSPS) is 14.7. The molecule has 1 aromatic heterocycles. The number of benzene rings is 2. The molecule has 0 aliphatic carbocycles. The third-order valence-corrected chi connectivity index (χ3v) is 3.95. The van der Waals surface area contributed by atoms with E-state index in [2.05, 4.69) is 20.4 Å². The first-order valence-corrected chi connectivity index (χ1v) is 8.44. The van der Waals surface area contributed by atoms with E-state index >= 15 is 0 Å². The number of esters is 1. The number of aromatic nitrogens is 3. The van der Waals surface area contributed by atoms with E-state index in [1.807, 2.05) is 24.3 Å². The molecule has 0 saturated carbocycles. The Morgan fingerprint density at radius 1 is 1.11 bits per heavy atom. The highest BCUT2D eigenvalue weighted by Crippen LogP contribution is 2.21. The topological polar surface area (TPSA) is 98.5 Å². The fraction of sp³-hybridized carbons (Fsp3) is 0.0500. The van der Waals surface area contributed by atoms with Crippen molar-refractivity contribution in [3.8, 4) is 5.69 Å². The van der Waals surface area contributed by atoms with Gasteiger partial charge in [-0.05, 0) is 48.0 Å².